The molecule has 0 atom stereocenters. The summed E-state index contributed by atoms with van der Waals surface area (Å²) in [5, 5.41) is 3.29. The van der Waals surface area contributed by atoms with E-state index in [9.17, 15) is 9.59 Å². The summed E-state index contributed by atoms with van der Waals surface area (Å²) in [6.07, 6.45) is 0. The fourth-order valence-electron chi connectivity index (χ4n) is 1.27. The summed E-state index contributed by atoms with van der Waals surface area (Å²) >= 11 is 1.38. The van der Waals surface area contributed by atoms with E-state index in [1.807, 2.05) is 13.8 Å². The molecule has 0 bridgehead atoms. The molecule has 2 amide bonds. The molecule has 1 heterocycles. The van der Waals surface area contributed by atoms with Crippen molar-refractivity contribution in [2.24, 2.45) is 11.7 Å². The number of hydrogen-bond acceptors (Lipinski definition) is 3. The van der Waals surface area contributed by atoms with Crippen molar-refractivity contribution in [2.45, 2.75) is 27.7 Å². The molecule has 0 aliphatic rings. The summed E-state index contributed by atoms with van der Waals surface area (Å²) in [5.41, 5.74) is 6.57. The number of hydrogen-bond donors (Lipinski definition) is 2. The van der Waals surface area contributed by atoms with Crippen LogP contribution >= 0.6 is 11.3 Å². The van der Waals surface area contributed by atoms with Gasteiger partial charge in [0.25, 0.3) is 5.91 Å². The molecule has 3 N–H and O–H groups in total. The quantitative estimate of drug-likeness (QED) is 0.848. The number of carbonyl (C=O) groups excluding carboxylic acids is 2. The van der Waals surface area contributed by atoms with Crippen molar-refractivity contribution in [3.63, 3.8) is 0 Å². The number of rotatable bonds is 3. The lowest BCUT2D eigenvalue weighted by Gasteiger charge is -2.06. The molecule has 88 valence electrons. The van der Waals surface area contributed by atoms with Crippen LogP contribution in [0.4, 0.5) is 5.00 Å². The van der Waals surface area contributed by atoms with E-state index in [1.54, 1.807) is 13.8 Å². The second-order valence-corrected chi connectivity index (χ2v) is 5.22. The van der Waals surface area contributed by atoms with E-state index >= 15 is 0 Å². The van der Waals surface area contributed by atoms with Crippen molar-refractivity contribution in [1.82, 2.24) is 0 Å². The van der Waals surface area contributed by atoms with E-state index in [2.05, 4.69) is 5.32 Å². The van der Waals surface area contributed by atoms with Crippen molar-refractivity contribution in [2.75, 3.05) is 5.32 Å². The Morgan fingerprint density at radius 2 is 1.88 bits per heavy atom. The van der Waals surface area contributed by atoms with Crippen molar-refractivity contribution in [3.8, 4) is 0 Å². The Bertz CT molecular complexity index is 435. The first-order valence-electron chi connectivity index (χ1n) is 5.05. The molecule has 0 saturated carbocycles. The molecule has 0 spiro atoms. The first kappa shape index (κ1) is 12.7. The first-order chi connectivity index (χ1) is 7.34. The largest absolute Gasteiger partial charge is 0.365 e. The number of thiophene rings is 1. The fourth-order valence-corrected chi connectivity index (χ4v) is 2.34. The van der Waals surface area contributed by atoms with E-state index in [-0.39, 0.29) is 11.8 Å². The van der Waals surface area contributed by atoms with Gasteiger partial charge in [0.05, 0.1) is 5.56 Å². The molecule has 0 aliphatic carbocycles. The van der Waals surface area contributed by atoms with Gasteiger partial charge in [-0.25, -0.2) is 0 Å². The van der Waals surface area contributed by atoms with Gasteiger partial charge in [-0.2, -0.15) is 0 Å². The second-order valence-electron chi connectivity index (χ2n) is 4.00. The lowest BCUT2D eigenvalue weighted by Crippen LogP contribution is -2.20. The highest BCUT2D eigenvalue weighted by atomic mass is 32.1. The molecule has 1 aromatic rings. The predicted molar refractivity (Wildman–Crippen MR) is 65.8 cm³/mol. The van der Waals surface area contributed by atoms with Crippen molar-refractivity contribution in [3.05, 3.63) is 16.0 Å². The van der Waals surface area contributed by atoms with Crippen LogP contribution < -0.4 is 11.1 Å². The molecule has 4 nitrogen and oxygen atoms in total. The minimum atomic E-state index is -0.499. The smallest absolute Gasteiger partial charge is 0.251 e. The molecule has 0 unspecified atom stereocenters. The Kier molecular flexibility index (Phi) is 3.70. The number of nitrogens with two attached hydrogens (primary N) is 1. The van der Waals surface area contributed by atoms with Crippen LogP contribution in [0, 0.1) is 19.8 Å². The van der Waals surface area contributed by atoms with Crippen molar-refractivity contribution >= 4 is 28.2 Å². The molecule has 0 aliphatic heterocycles. The summed E-state index contributed by atoms with van der Waals surface area (Å²) in [6.45, 7) is 7.33. The monoisotopic (exact) mass is 240 g/mol. The summed E-state index contributed by atoms with van der Waals surface area (Å²) in [6, 6.07) is 0. The minimum absolute atomic E-state index is 0.108. The van der Waals surface area contributed by atoms with Crippen LogP contribution in [0.15, 0.2) is 0 Å². The number of amides is 2. The van der Waals surface area contributed by atoms with Gasteiger partial charge in [0.15, 0.2) is 0 Å². The van der Waals surface area contributed by atoms with Gasteiger partial charge in [0.1, 0.15) is 5.00 Å². The van der Waals surface area contributed by atoms with Crippen LogP contribution in [0.25, 0.3) is 0 Å². The highest BCUT2D eigenvalue weighted by Gasteiger charge is 2.19. The number of primary amides is 1. The SMILES string of the molecule is Cc1sc(NC(=O)C(C)C)c(C(N)=O)c1C. The van der Waals surface area contributed by atoms with Gasteiger partial charge in [-0.3, -0.25) is 9.59 Å². The van der Waals surface area contributed by atoms with Crippen LogP contribution in [0.1, 0.15) is 34.6 Å². The lowest BCUT2D eigenvalue weighted by atomic mass is 10.1. The Balaban J connectivity index is 3.10. The first-order valence-corrected chi connectivity index (χ1v) is 5.87. The molecular formula is C11H16N2O2S. The maximum absolute atomic E-state index is 11.6. The molecule has 0 fully saturated rings. The zero-order chi connectivity index (χ0) is 12.5. The van der Waals surface area contributed by atoms with Crippen LogP contribution in [0.2, 0.25) is 0 Å². The van der Waals surface area contributed by atoms with Gasteiger partial charge in [0, 0.05) is 10.8 Å². The van der Waals surface area contributed by atoms with Gasteiger partial charge in [-0.1, -0.05) is 13.8 Å². The molecule has 1 rings (SSSR count). The predicted octanol–water partition coefficient (Wildman–Crippen LogP) is 2.06. The molecule has 0 radical (unpaired) electrons. The van der Waals surface area contributed by atoms with E-state index in [4.69, 9.17) is 5.73 Å². The van der Waals surface area contributed by atoms with Gasteiger partial charge in [0.2, 0.25) is 5.91 Å². The molecule has 0 aromatic carbocycles. The van der Waals surface area contributed by atoms with Crippen LogP contribution in [0.5, 0.6) is 0 Å². The topological polar surface area (TPSA) is 72.2 Å². The molecule has 16 heavy (non-hydrogen) atoms. The Morgan fingerprint density at radius 3 is 2.31 bits per heavy atom. The third kappa shape index (κ3) is 2.41. The van der Waals surface area contributed by atoms with Crippen LogP contribution in [-0.2, 0) is 4.79 Å². The summed E-state index contributed by atoms with van der Waals surface area (Å²) in [4.78, 5) is 23.8. The van der Waals surface area contributed by atoms with E-state index < -0.39 is 5.91 Å². The normalized spacial score (nSPS) is 10.6. The fraction of sp³-hybridized carbons (Fsp3) is 0.455. The zero-order valence-electron chi connectivity index (χ0n) is 9.88. The second kappa shape index (κ2) is 4.65. The van der Waals surface area contributed by atoms with Crippen LogP contribution in [-0.4, -0.2) is 11.8 Å². The number of anilines is 1. The summed E-state index contributed by atoms with van der Waals surface area (Å²) < 4.78 is 0. The zero-order valence-corrected chi connectivity index (χ0v) is 10.7. The molecule has 1 aromatic heterocycles. The van der Waals surface area contributed by atoms with Gasteiger partial charge >= 0.3 is 0 Å². The Hall–Kier alpha value is -1.36. The number of carbonyl (C=O) groups is 2. The number of aryl methyl sites for hydroxylation is 1. The Labute approximate surface area is 98.8 Å². The maximum Gasteiger partial charge on any atom is 0.251 e. The third-order valence-corrected chi connectivity index (χ3v) is 3.52. The molecule has 5 heteroatoms. The van der Waals surface area contributed by atoms with E-state index in [0.29, 0.717) is 10.6 Å². The molecule has 0 saturated heterocycles. The highest BCUT2D eigenvalue weighted by Crippen LogP contribution is 2.32. The van der Waals surface area contributed by atoms with Gasteiger partial charge in [-0.15, -0.1) is 11.3 Å². The molecular weight excluding hydrogens is 224 g/mol. The van der Waals surface area contributed by atoms with Gasteiger partial charge < -0.3 is 11.1 Å². The van der Waals surface area contributed by atoms with Crippen molar-refractivity contribution < 1.29 is 9.59 Å². The maximum atomic E-state index is 11.6. The van der Waals surface area contributed by atoms with Gasteiger partial charge in [-0.05, 0) is 19.4 Å². The van der Waals surface area contributed by atoms with Crippen molar-refractivity contribution in [1.29, 1.82) is 0 Å². The minimum Gasteiger partial charge on any atom is -0.365 e. The Morgan fingerprint density at radius 1 is 1.31 bits per heavy atom. The summed E-state index contributed by atoms with van der Waals surface area (Å²) in [7, 11) is 0. The third-order valence-electron chi connectivity index (χ3n) is 2.39. The highest BCUT2D eigenvalue weighted by molar-refractivity contribution is 7.16. The average molecular weight is 240 g/mol. The van der Waals surface area contributed by atoms with E-state index in [0.717, 1.165) is 10.4 Å². The lowest BCUT2D eigenvalue weighted by molar-refractivity contribution is -0.118. The average Bonchev–Trinajstić information content (AvgIpc) is 2.42. The number of nitrogens with one attached hydrogen (secondary N) is 1. The van der Waals surface area contributed by atoms with E-state index in [1.165, 1.54) is 11.3 Å². The standard InChI is InChI=1S/C11H16N2O2S/c1-5(2)10(15)13-11-8(9(12)14)6(3)7(4)16-11/h5H,1-4H3,(H2,12,14)(H,13,15). The van der Waals surface area contributed by atoms with Crippen LogP contribution in [0.3, 0.4) is 0 Å². The summed E-state index contributed by atoms with van der Waals surface area (Å²) in [5.74, 6) is -0.729.